The standard InChI is InChI=1S/C12H12ClN5O5/c13-2-1-12(22)7(20)5(3-19)23-10(12)18-4-15-6-8(18)16-11(14)17-9(6)21/h4-5,7,10,19-20,22H,3H2,(H3,14,16,17,21)/t5-,7+,10-,12?/m1/s1/i3D2. The number of aromatic amines is 1. The van der Waals surface area contributed by atoms with E-state index in [2.05, 4.69) is 20.9 Å². The highest BCUT2D eigenvalue weighted by Gasteiger charge is 2.56. The van der Waals surface area contributed by atoms with Gasteiger partial charge in [-0.1, -0.05) is 0 Å². The number of imidazole rings is 1. The molecule has 1 aliphatic heterocycles. The molecule has 0 aliphatic carbocycles. The van der Waals surface area contributed by atoms with E-state index in [1.54, 1.807) is 0 Å². The smallest absolute Gasteiger partial charge is 0.280 e. The number of ether oxygens (including phenoxy) is 1. The van der Waals surface area contributed by atoms with Crippen LogP contribution >= 0.6 is 11.6 Å². The molecule has 1 aliphatic rings. The molecule has 0 spiro atoms. The molecule has 11 heteroatoms. The zero-order valence-electron chi connectivity index (χ0n) is 13.3. The monoisotopic (exact) mass is 343 g/mol. The van der Waals surface area contributed by atoms with Gasteiger partial charge in [0.15, 0.2) is 17.4 Å². The van der Waals surface area contributed by atoms with Gasteiger partial charge in [0.05, 0.1) is 15.6 Å². The van der Waals surface area contributed by atoms with E-state index in [0.717, 1.165) is 10.9 Å². The van der Waals surface area contributed by atoms with E-state index in [9.17, 15) is 20.1 Å². The van der Waals surface area contributed by atoms with Crippen molar-refractivity contribution in [3.05, 3.63) is 16.7 Å². The van der Waals surface area contributed by atoms with E-state index in [1.807, 2.05) is 5.38 Å². The van der Waals surface area contributed by atoms with Crippen molar-refractivity contribution in [1.29, 1.82) is 0 Å². The molecule has 0 aromatic carbocycles. The van der Waals surface area contributed by atoms with Crippen LogP contribution in [0.15, 0.2) is 11.1 Å². The summed E-state index contributed by atoms with van der Waals surface area (Å²) >= 11 is 5.33. The number of hydrogen-bond donors (Lipinski definition) is 5. The van der Waals surface area contributed by atoms with Crippen LogP contribution in [0.3, 0.4) is 0 Å². The van der Waals surface area contributed by atoms with Gasteiger partial charge in [0.25, 0.3) is 5.56 Å². The Hall–Kier alpha value is -2.16. The summed E-state index contributed by atoms with van der Waals surface area (Å²) in [5.74, 6) is 1.89. The minimum absolute atomic E-state index is 0.104. The van der Waals surface area contributed by atoms with E-state index in [0.29, 0.717) is 0 Å². The Morgan fingerprint density at radius 1 is 1.70 bits per heavy atom. The average Bonchev–Trinajstić information content (AvgIpc) is 3.00. The minimum Gasteiger partial charge on any atom is -0.394 e. The second-order valence-corrected chi connectivity index (χ2v) is 4.99. The van der Waals surface area contributed by atoms with Crippen LogP contribution in [-0.2, 0) is 4.74 Å². The Bertz CT molecular complexity index is 947. The molecule has 1 saturated heterocycles. The highest BCUT2D eigenvalue weighted by Crippen LogP contribution is 2.39. The lowest BCUT2D eigenvalue weighted by molar-refractivity contribution is -0.0721. The summed E-state index contributed by atoms with van der Waals surface area (Å²) in [4.78, 5) is 21.8. The molecule has 1 unspecified atom stereocenters. The maximum Gasteiger partial charge on any atom is 0.280 e. The van der Waals surface area contributed by atoms with Gasteiger partial charge in [-0.25, -0.2) is 4.98 Å². The number of anilines is 1. The topological polar surface area (TPSA) is 160 Å². The van der Waals surface area contributed by atoms with E-state index in [4.69, 9.17) is 24.8 Å². The predicted octanol–water partition coefficient (Wildman–Crippen LogP) is -2.12. The number of aliphatic hydroxyl groups is 3. The van der Waals surface area contributed by atoms with Gasteiger partial charge in [-0.2, -0.15) is 4.98 Å². The number of fused-ring (bicyclic) bond motifs is 1. The molecule has 3 heterocycles. The van der Waals surface area contributed by atoms with Crippen molar-refractivity contribution in [1.82, 2.24) is 19.5 Å². The molecule has 6 N–H and O–H groups in total. The van der Waals surface area contributed by atoms with Crippen molar-refractivity contribution in [2.45, 2.75) is 24.0 Å². The first-order valence-electron chi connectivity index (χ1n) is 7.23. The Kier molecular flexibility index (Phi) is 3.17. The maximum atomic E-state index is 11.8. The Morgan fingerprint density at radius 2 is 2.43 bits per heavy atom. The van der Waals surface area contributed by atoms with Crippen LogP contribution in [0.5, 0.6) is 0 Å². The fourth-order valence-corrected chi connectivity index (χ4v) is 2.55. The van der Waals surface area contributed by atoms with Gasteiger partial charge in [0, 0.05) is 5.38 Å². The minimum atomic E-state index is -3.00. The zero-order valence-corrected chi connectivity index (χ0v) is 12.0. The number of aliphatic hydroxyl groups excluding tert-OH is 1. The molecular formula is C12H12ClN5O5. The summed E-state index contributed by atoms with van der Waals surface area (Å²) in [6.45, 7) is -3.00. The summed E-state index contributed by atoms with van der Waals surface area (Å²) in [7, 11) is 0. The Labute approximate surface area is 136 Å². The third-order valence-electron chi connectivity index (χ3n) is 3.47. The molecule has 2 aromatic rings. The van der Waals surface area contributed by atoms with Crippen LogP contribution in [0.25, 0.3) is 11.2 Å². The number of nitrogens with two attached hydrogens (primary N) is 1. The van der Waals surface area contributed by atoms with E-state index in [1.165, 1.54) is 0 Å². The number of aromatic nitrogens is 4. The van der Waals surface area contributed by atoms with E-state index < -0.39 is 36.2 Å². The van der Waals surface area contributed by atoms with Gasteiger partial charge in [-0.05, 0) is 17.5 Å². The fraction of sp³-hybridized carbons (Fsp3) is 0.417. The summed E-state index contributed by atoms with van der Waals surface area (Å²) in [6, 6.07) is 0. The molecule has 0 amide bonds. The quantitative estimate of drug-likeness (QED) is 0.387. The lowest BCUT2D eigenvalue weighted by atomic mass is 9.95. The van der Waals surface area contributed by atoms with Gasteiger partial charge in [-0.3, -0.25) is 14.3 Å². The van der Waals surface area contributed by atoms with Crippen LogP contribution in [0, 0.1) is 11.3 Å². The van der Waals surface area contributed by atoms with Gasteiger partial charge in [0.2, 0.25) is 11.5 Å². The fourth-order valence-electron chi connectivity index (χ4n) is 2.40. The summed E-state index contributed by atoms with van der Waals surface area (Å²) in [6.07, 6.45) is -4.35. The Morgan fingerprint density at radius 3 is 3.09 bits per heavy atom. The number of halogens is 1. The van der Waals surface area contributed by atoms with Gasteiger partial charge in [-0.15, -0.1) is 0 Å². The second kappa shape index (κ2) is 5.48. The lowest BCUT2D eigenvalue weighted by Gasteiger charge is -2.26. The molecule has 1 fully saturated rings. The van der Waals surface area contributed by atoms with Crippen molar-refractivity contribution in [2.75, 3.05) is 12.3 Å². The molecule has 0 saturated carbocycles. The number of nitrogens with zero attached hydrogens (tertiary/aromatic N) is 3. The zero-order chi connectivity index (χ0) is 18.6. The number of H-pyrrole nitrogens is 1. The average molecular weight is 344 g/mol. The number of rotatable bonds is 2. The van der Waals surface area contributed by atoms with Gasteiger partial charge < -0.3 is 25.8 Å². The Balaban J connectivity index is 2.21. The first-order valence-corrected chi connectivity index (χ1v) is 6.60. The van der Waals surface area contributed by atoms with Crippen LogP contribution in [0.1, 0.15) is 8.97 Å². The van der Waals surface area contributed by atoms with E-state index >= 15 is 0 Å². The molecule has 0 bridgehead atoms. The normalized spacial score (nSPS) is 32.3. The van der Waals surface area contributed by atoms with Gasteiger partial charge >= 0.3 is 0 Å². The summed E-state index contributed by atoms with van der Waals surface area (Å²) in [5, 5.41) is 32.4. The highest BCUT2D eigenvalue weighted by molar-refractivity contribution is 6.30. The second-order valence-electron chi connectivity index (χ2n) is 4.80. The first kappa shape index (κ1) is 13.3. The predicted molar refractivity (Wildman–Crippen MR) is 78.1 cm³/mol. The third-order valence-corrected chi connectivity index (χ3v) is 3.56. The third kappa shape index (κ3) is 2.26. The number of hydrogen-bond acceptors (Lipinski definition) is 8. The first-order chi connectivity index (χ1) is 11.6. The molecule has 0 radical (unpaired) electrons. The SMILES string of the molecule is [2H]C([2H])(O)[C@H]1O[C@@H](n2cnc3c(=O)[nH]c(N)nc32)C(O)(C#CCl)[C@H]1O. The number of nitrogen functional groups attached to an aromatic ring is 1. The maximum absolute atomic E-state index is 11.8. The molecule has 4 atom stereocenters. The molecule has 2 aromatic heterocycles. The van der Waals surface area contributed by atoms with Crippen LogP contribution < -0.4 is 11.3 Å². The molecule has 3 rings (SSSR count). The summed E-state index contributed by atoms with van der Waals surface area (Å²) < 4.78 is 21.0. The van der Waals surface area contributed by atoms with Crippen LogP contribution in [0.4, 0.5) is 5.95 Å². The van der Waals surface area contributed by atoms with Crippen molar-refractivity contribution in [2.24, 2.45) is 0 Å². The van der Waals surface area contributed by atoms with Crippen molar-refractivity contribution in [3.63, 3.8) is 0 Å². The summed E-state index contributed by atoms with van der Waals surface area (Å²) in [5.41, 5.74) is 2.18. The van der Waals surface area contributed by atoms with Crippen molar-refractivity contribution >= 4 is 28.7 Å². The lowest BCUT2D eigenvalue weighted by Crippen LogP contribution is -2.45. The van der Waals surface area contributed by atoms with Crippen molar-refractivity contribution < 1.29 is 22.8 Å². The molecule has 122 valence electrons. The van der Waals surface area contributed by atoms with Crippen LogP contribution in [-0.4, -0.2) is 59.2 Å². The largest absolute Gasteiger partial charge is 0.394 e. The van der Waals surface area contributed by atoms with Gasteiger partial charge in [0.1, 0.15) is 12.2 Å². The molecule has 10 nitrogen and oxygen atoms in total. The van der Waals surface area contributed by atoms with Crippen molar-refractivity contribution in [3.8, 4) is 11.3 Å². The molecular weight excluding hydrogens is 330 g/mol. The molecule has 23 heavy (non-hydrogen) atoms. The number of nitrogens with one attached hydrogen (secondary N) is 1. The van der Waals surface area contributed by atoms with E-state index in [-0.39, 0.29) is 17.1 Å². The highest BCUT2D eigenvalue weighted by atomic mass is 35.5. The van der Waals surface area contributed by atoms with Crippen LogP contribution in [0.2, 0.25) is 0 Å².